The van der Waals surface area contributed by atoms with Gasteiger partial charge in [0.1, 0.15) is 5.76 Å². The molecule has 0 aliphatic heterocycles. The third-order valence-corrected chi connectivity index (χ3v) is 4.61. The molecule has 16 heavy (non-hydrogen) atoms. The zero-order valence-electron chi connectivity index (χ0n) is 9.99. The summed E-state index contributed by atoms with van der Waals surface area (Å²) in [5.41, 5.74) is 0. The van der Waals surface area contributed by atoms with Crippen molar-refractivity contribution in [2.24, 2.45) is 17.8 Å². The number of furan rings is 1. The topological polar surface area (TPSA) is 25.2 Å². The molecule has 2 saturated carbocycles. The van der Waals surface area contributed by atoms with E-state index in [-0.39, 0.29) is 0 Å². The van der Waals surface area contributed by atoms with E-state index >= 15 is 0 Å². The van der Waals surface area contributed by atoms with Crippen molar-refractivity contribution in [3.8, 4) is 0 Å². The van der Waals surface area contributed by atoms with Crippen molar-refractivity contribution >= 4 is 0 Å². The summed E-state index contributed by atoms with van der Waals surface area (Å²) >= 11 is 0. The van der Waals surface area contributed by atoms with E-state index in [0.29, 0.717) is 6.04 Å². The van der Waals surface area contributed by atoms with Crippen LogP contribution in [0.2, 0.25) is 0 Å². The Hall–Kier alpha value is -0.760. The zero-order chi connectivity index (χ0) is 11.0. The first kappa shape index (κ1) is 10.4. The predicted octanol–water partition coefficient (Wildman–Crippen LogP) is 3.19. The standard InChI is InChI=1S/C14H21NO/c1-10(15-9-13-3-2-6-16-13)14-8-11-4-5-12(14)7-11/h2-3,6,10-12,14-15H,4-5,7-9H2,1H3/t10-,11-,12-,14-/m0/s1. The highest BCUT2D eigenvalue weighted by atomic mass is 16.3. The van der Waals surface area contributed by atoms with Crippen LogP contribution in [0.4, 0.5) is 0 Å². The van der Waals surface area contributed by atoms with E-state index in [9.17, 15) is 0 Å². The van der Waals surface area contributed by atoms with E-state index in [4.69, 9.17) is 4.42 Å². The molecule has 1 heterocycles. The number of hydrogen-bond donors (Lipinski definition) is 1. The summed E-state index contributed by atoms with van der Waals surface area (Å²) in [4.78, 5) is 0. The van der Waals surface area contributed by atoms with Gasteiger partial charge < -0.3 is 9.73 Å². The molecule has 0 amide bonds. The first-order valence-corrected chi connectivity index (χ1v) is 6.58. The molecule has 0 unspecified atom stereocenters. The quantitative estimate of drug-likeness (QED) is 0.841. The Morgan fingerprint density at radius 2 is 2.38 bits per heavy atom. The predicted molar refractivity (Wildman–Crippen MR) is 63.9 cm³/mol. The van der Waals surface area contributed by atoms with Gasteiger partial charge in [-0.3, -0.25) is 0 Å². The van der Waals surface area contributed by atoms with Gasteiger partial charge in [0.15, 0.2) is 0 Å². The Kier molecular flexibility index (Phi) is 2.76. The lowest BCUT2D eigenvalue weighted by Gasteiger charge is -2.28. The third-order valence-electron chi connectivity index (χ3n) is 4.61. The fourth-order valence-electron chi connectivity index (χ4n) is 3.73. The van der Waals surface area contributed by atoms with Gasteiger partial charge >= 0.3 is 0 Å². The van der Waals surface area contributed by atoms with E-state index in [0.717, 1.165) is 30.1 Å². The number of nitrogens with one attached hydrogen (secondary N) is 1. The van der Waals surface area contributed by atoms with Crippen molar-refractivity contribution in [2.75, 3.05) is 0 Å². The minimum absolute atomic E-state index is 0.639. The molecule has 2 fully saturated rings. The van der Waals surface area contributed by atoms with Crippen LogP contribution in [-0.4, -0.2) is 6.04 Å². The van der Waals surface area contributed by atoms with E-state index in [1.165, 1.54) is 25.7 Å². The SMILES string of the molecule is C[C@H](NCc1ccco1)[C@@H]1C[C@H]2CC[C@H]1C2. The van der Waals surface area contributed by atoms with Crippen LogP contribution in [0.25, 0.3) is 0 Å². The summed E-state index contributed by atoms with van der Waals surface area (Å²) in [7, 11) is 0. The molecule has 0 radical (unpaired) electrons. The maximum Gasteiger partial charge on any atom is 0.117 e. The van der Waals surface area contributed by atoms with Crippen molar-refractivity contribution in [1.82, 2.24) is 5.32 Å². The van der Waals surface area contributed by atoms with Gasteiger partial charge in [-0.25, -0.2) is 0 Å². The third kappa shape index (κ3) is 1.91. The molecule has 88 valence electrons. The second-order valence-electron chi connectivity index (χ2n) is 5.59. The van der Waals surface area contributed by atoms with Crippen LogP contribution in [0.15, 0.2) is 22.8 Å². The Labute approximate surface area is 97.4 Å². The highest BCUT2D eigenvalue weighted by Crippen LogP contribution is 2.49. The molecule has 2 aliphatic rings. The van der Waals surface area contributed by atoms with Crippen LogP contribution in [0.1, 0.15) is 38.4 Å². The molecule has 0 spiro atoms. The minimum atomic E-state index is 0.639. The number of fused-ring (bicyclic) bond motifs is 2. The molecule has 1 aromatic rings. The normalized spacial score (nSPS) is 34.4. The molecule has 2 nitrogen and oxygen atoms in total. The zero-order valence-corrected chi connectivity index (χ0v) is 9.99. The average Bonchev–Trinajstić information content (AvgIpc) is 3.01. The lowest BCUT2D eigenvalue weighted by Crippen LogP contribution is -2.35. The van der Waals surface area contributed by atoms with E-state index < -0.39 is 0 Å². The van der Waals surface area contributed by atoms with Gasteiger partial charge in [0.2, 0.25) is 0 Å². The first-order chi connectivity index (χ1) is 7.83. The molecule has 2 aliphatic carbocycles. The van der Waals surface area contributed by atoms with Crippen molar-refractivity contribution < 1.29 is 4.42 Å². The number of hydrogen-bond acceptors (Lipinski definition) is 2. The highest BCUT2D eigenvalue weighted by molar-refractivity contribution is 4.99. The van der Waals surface area contributed by atoms with Gasteiger partial charge in [-0.1, -0.05) is 6.42 Å². The highest BCUT2D eigenvalue weighted by Gasteiger charge is 2.41. The van der Waals surface area contributed by atoms with Gasteiger partial charge in [-0.15, -0.1) is 0 Å². The fourth-order valence-corrected chi connectivity index (χ4v) is 3.73. The molecule has 0 saturated heterocycles. The van der Waals surface area contributed by atoms with E-state index in [2.05, 4.69) is 12.2 Å². The lowest BCUT2D eigenvalue weighted by molar-refractivity contribution is 0.255. The monoisotopic (exact) mass is 219 g/mol. The first-order valence-electron chi connectivity index (χ1n) is 6.58. The smallest absolute Gasteiger partial charge is 0.117 e. The Balaban J connectivity index is 1.52. The maximum absolute atomic E-state index is 5.35. The molecule has 0 aromatic carbocycles. The minimum Gasteiger partial charge on any atom is -0.468 e. The van der Waals surface area contributed by atoms with Crippen LogP contribution in [0, 0.1) is 17.8 Å². The summed E-state index contributed by atoms with van der Waals surface area (Å²) in [6.07, 6.45) is 7.67. The van der Waals surface area contributed by atoms with Crippen LogP contribution in [0.5, 0.6) is 0 Å². The second kappa shape index (κ2) is 4.25. The van der Waals surface area contributed by atoms with Gasteiger partial charge in [0, 0.05) is 6.04 Å². The maximum atomic E-state index is 5.35. The molecule has 1 N–H and O–H groups in total. The Bertz CT molecular complexity index is 333. The molecule has 1 aromatic heterocycles. The average molecular weight is 219 g/mol. The van der Waals surface area contributed by atoms with E-state index in [1.54, 1.807) is 6.26 Å². The summed E-state index contributed by atoms with van der Waals surface area (Å²) < 4.78 is 5.35. The van der Waals surface area contributed by atoms with E-state index in [1.807, 2.05) is 12.1 Å². The van der Waals surface area contributed by atoms with Crippen LogP contribution in [0.3, 0.4) is 0 Å². The molecular weight excluding hydrogens is 198 g/mol. The van der Waals surface area contributed by atoms with Crippen molar-refractivity contribution in [3.05, 3.63) is 24.2 Å². The van der Waals surface area contributed by atoms with Crippen molar-refractivity contribution in [2.45, 2.75) is 45.2 Å². The summed E-state index contributed by atoms with van der Waals surface area (Å²) in [5, 5.41) is 3.62. The summed E-state index contributed by atoms with van der Waals surface area (Å²) in [5.74, 6) is 4.01. The van der Waals surface area contributed by atoms with Crippen molar-refractivity contribution in [3.63, 3.8) is 0 Å². The van der Waals surface area contributed by atoms with Gasteiger partial charge in [0.05, 0.1) is 12.8 Å². The largest absolute Gasteiger partial charge is 0.468 e. The van der Waals surface area contributed by atoms with Gasteiger partial charge in [0.25, 0.3) is 0 Å². The summed E-state index contributed by atoms with van der Waals surface area (Å²) in [6.45, 7) is 3.22. The second-order valence-corrected chi connectivity index (χ2v) is 5.59. The molecule has 2 bridgehead atoms. The molecule has 2 heteroatoms. The fraction of sp³-hybridized carbons (Fsp3) is 0.714. The molecular formula is C14H21NO. The molecule has 3 rings (SSSR count). The van der Waals surface area contributed by atoms with Crippen LogP contribution in [-0.2, 0) is 6.54 Å². The molecule has 4 atom stereocenters. The Morgan fingerprint density at radius 1 is 1.44 bits per heavy atom. The summed E-state index contributed by atoms with van der Waals surface area (Å²) in [6, 6.07) is 4.64. The van der Waals surface area contributed by atoms with Crippen molar-refractivity contribution in [1.29, 1.82) is 0 Å². The van der Waals surface area contributed by atoms with Crippen LogP contribution < -0.4 is 5.32 Å². The number of rotatable bonds is 4. The lowest BCUT2D eigenvalue weighted by atomic mass is 9.84. The van der Waals surface area contributed by atoms with Gasteiger partial charge in [-0.2, -0.15) is 0 Å². The van der Waals surface area contributed by atoms with Crippen LogP contribution >= 0.6 is 0 Å². The van der Waals surface area contributed by atoms with Gasteiger partial charge in [-0.05, 0) is 56.1 Å². The Morgan fingerprint density at radius 3 is 3.00 bits per heavy atom.